The zero-order chi connectivity index (χ0) is 22.2. The number of anilines is 1. The van der Waals surface area contributed by atoms with Gasteiger partial charge in [-0.2, -0.15) is 5.10 Å². The topological polar surface area (TPSA) is 93.6 Å². The molecule has 0 bridgehead atoms. The standard InChI is InChI=1S/C25H27N3O3.Na/c1-17(2)18-11-13-21-19(16-23(24(29)30)22(21)14-12-18)8-6-7-15-26-28-25(31)27-20-9-4-3-5-10-20;/h3-5,9-17H,6-8H2,1-2H3,(H,29,30)(H2,27,28,31);/q;+1/p-1/b26-15-;. The SMILES string of the molecule is CC(C)c1ccc2c(CCC/C=N\NC(=O)Nc3ccccc3)cc(C(=O)[O-])c-2cc1.[Na+]. The van der Waals surface area contributed by atoms with Crippen molar-refractivity contribution in [2.45, 2.75) is 39.0 Å². The Labute approximate surface area is 210 Å². The van der Waals surface area contributed by atoms with Gasteiger partial charge in [-0.05, 0) is 65.6 Å². The molecule has 0 aromatic heterocycles. The number of carboxylic acid groups (broad SMARTS) is 1. The molecule has 2 aliphatic rings. The number of hydrogen-bond donors (Lipinski definition) is 2. The van der Waals surface area contributed by atoms with Crippen molar-refractivity contribution in [2.75, 3.05) is 5.32 Å². The summed E-state index contributed by atoms with van der Waals surface area (Å²) >= 11 is 0. The van der Waals surface area contributed by atoms with Gasteiger partial charge in [-0.15, -0.1) is 0 Å². The van der Waals surface area contributed by atoms with Crippen LogP contribution in [0.25, 0.3) is 11.1 Å². The maximum absolute atomic E-state index is 11.8. The molecule has 2 aliphatic carbocycles. The van der Waals surface area contributed by atoms with Gasteiger partial charge in [0.2, 0.25) is 0 Å². The Morgan fingerprint density at radius 1 is 1.03 bits per heavy atom. The molecule has 0 atom stereocenters. The number of nitrogens with zero attached hydrogens (tertiary/aromatic N) is 1. The summed E-state index contributed by atoms with van der Waals surface area (Å²) in [6.45, 7) is 4.21. The van der Waals surface area contributed by atoms with E-state index < -0.39 is 12.0 Å². The van der Waals surface area contributed by atoms with E-state index in [9.17, 15) is 14.7 Å². The molecule has 3 rings (SSSR count). The first-order chi connectivity index (χ1) is 15.0. The Bertz CT molecular complexity index is 1050. The third kappa shape index (κ3) is 6.92. The van der Waals surface area contributed by atoms with Crippen LogP contribution in [0.2, 0.25) is 0 Å². The smallest absolute Gasteiger partial charge is 0.545 e. The minimum Gasteiger partial charge on any atom is -0.545 e. The molecule has 0 spiro atoms. The molecule has 2 N–H and O–H groups in total. The van der Waals surface area contributed by atoms with Crippen LogP contribution in [0.15, 0.2) is 65.8 Å². The Morgan fingerprint density at radius 3 is 2.38 bits per heavy atom. The minimum absolute atomic E-state index is 0. The number of urea groups is 1. The van der Waals surface area contributed by atoms with Crippen LogP contribution in [-0.2, 0) is 6.42 Å². The van der Waals surface area contributed by atoms with E-state index in [1.54, 1.807) is 24.4 Å². The number of fused-ring (bicyclic) bond motifs is 1. The van der Waals surface area contributed by atoms with E-state index in [0.717, 1.165) is 23.1 Å². The molecule has 0 saturated heterocycles. The average molecular weight is 439 g/mol. The first-order valence-electron chi connectivity index (χ1n) is 10.4. The van der Waals surface area contributed by atoms with Gasteiger partial charge in [-0.1, -0.05) is 56.3 Å². The van der Waals surface area contributed by atoms with Gasteiger partial charge in [0.25, 0.3) is 0 Å². The first-order valence-corrected chi connectivity index (χ1v) is 10.4. The molecule has 0 saturated carbocycles. The molecule has 7 heteroatoms. The molecule has 32 heavy (non-hydrogen) atoms. The van der Waals surface area contributed by atoms with E-state index in [0.29, 0.717) is 30.0 Å². The fraction of sp³-hybridized carbons (Fsp3) is 0.240. The third-order valence-corrected chi connectivity index (χ3v) is 5.08. The number of hydrazone groups is 1. The van der Waals surface area contributed by atoms with Crippen molar-refractivity contribution >= 4 is 23.9 Å². The van der Waals surface area contributed by atoms with Crippen molar-refractivity contribution in [1.29, 1.82) is 0 Å². The number of nitrogens with one attached hydrogen (secondary N) is 2. The van der Waals surface area contributed by atoms with Crippen LogP contribution in [0.1, 0.15) is 54.1 Å². The van der Waals surface area contributed by atoms with Crippen LogP contribution in [0.3, 0.4) is 0 Å². The number of amides is 2. The maximum atomic E-state index is 11.8. The summed E-state index contributed by atoms with van der Waals surface area (Å²) in [5, 5.41) is 18.2. The predicted molar refractivity (Wildman–Crippen MR) is 122 cm³/mol. The number of aromatic carboxylic acids is 1. The molecule has 1 aromatic rings. The van der Waals surface area contributed by atoms with Gasteiger partial charge in [0.1, 0.15) is 0 Å². The fourth-order valence-electron chi connectivity index (χ4n) is 3.43. The first kappa shape index (κ1) is 25.6. The quantitative estimate of drug-likeness (QED) is 0.241. The number of hydrogen-bond acceptors (Lipinski definition) is 4. The van der Waals surface area contributed by atoms with E-state index in [2.05, 4.69) is 29.7 Å². The average Bonchev–Trinajstić information content (AvgIpc) is 2.93. The summed E-state index contributed by atoms with van der Waals surface area (Å²) in [6, 6.07) is 18.3. The van der Waals surface area contributed by atoms with Crippen molar-refractivity contribution in [3.8, 4) is 11.1 Å². The molecule has 0 aliphatic heterocycles. The predicted octanol–water partition coefficient (Wildman–Crippen LogP) is 1.41. The number of carbonyl (C=O) groups excluding carboxylic acids is 2. The maximum Gasteiger partial charge on any atom is 1.00 e. The van der Waals surface area contributed by atoms with Crippen molar-refractivity contribution in [2.24, 2.45) is 5.10 Å². The van der Waals surface area contributed by atoms with Gasteiger partial charge in [-0.25, -0.2) is 10.2 Å². The summed E-state index contributed by atoms with van der Waals surface area (Å²) in [4.78, 5) is 23.4. The molecule has 0 heterocycles. The molecule has 160 valence electrons. The second-order valence-corrected chi connectivity index (χ2v) is 7.66. The van der Waals surface area contributed by atoms with E-state index >= 15 is 0 Å². The van der Waals surface area contributed by atoms with Gasteiger partial charge < -0.3 is 15.2 Å². The second kappa shape index (κ2) is 12.4. The largest absolute Gasteiger partial charge is 1.00 e. The molecule has 0 fully saturated rings. The van der Waals surface area contributed by atoms with Crippen LogP contribution in [0.4, 0.5) is 10.5 Å². The fourth-order valence-corrected chi connectivity index (χ4v) is 3.43. The Morgan fingerprint density at radius 2 is 1.72 bits per heavy atom. The van der Waals surface area contributed by atoms with Crippen LogP contribution in [0.5, 0.6) is 0 Å². The van der Waals surface area contributed by atoms with Gasteiger partial charge in [-0.3, -0.25) is 0 Å². The monoisotopic (exact) mass is 439 g/mol. The van der Waals surface area contributed by atoms with Crippen LogP contribution in [0, 0.1) is 0 Å². The number of carboxylic acids is 1. The van der Waals surface area contributed by atoms with Crippen molar-refractivity contribution in [3.63, 3.8) is 0 Å². The van der Waals surface area contributed by atoms with Gasteiger partial charge in [0.05, 0.1) is 5.97 Å². The van der Waals surface area contributed by atoms with Crippen molar-refractivity contribution in [3.05, 3.63) is 77.4 Å². The van der Waals surface area contributed by atoms with E-state index in [4.69, 9.17) is 0 Å². The molecule has 2 amide bonds. The molecule has 1 aromatic carbocycles. The molecule has 0 radical (unpaired) electrons. The zero-order valence-electron chi connectivity index (χ0n) is 18.7. The minimum atomic E-state index is -1.16. The summed E-state index contributed by atoms with van der Waals surface area (Å²) < 4.78 is 0. The molecule has 6 nitrogen and oxygen atoms in total. The van der Waals surface area contributed by atoms with Crippen molar-refractivity contribution < 1.29 is 44.3 Å². The van der Waals surface area contributed by atoms with Gasteiger partial charge >= 0.3 is 35.6 Å². The van der Waals surface area contributed by atoms with Crippen LogP contribution >= 0.6 is 0 Å². The summed E-state index contributed by atoms with van der Waals surface area (Å²) in [7, 11) is 0. The molecular formula is C25H26N3NaO3. The number of aryl methyl sites for hydroxylation is 1. The van der Waals surface area contributed by atoms with E-state index in [1.807, 2.05) is 42.5 Å². The summed E-state index contributed by atoms with van der Waals surface area (Å²) in [5.74, 6) is -0.808. The third-order valence-electron chi connectivity index (χ3n) is 5.08. The Kier molecular flexibility index (Phi) is 9.91. The zero-order valence-corrected chi connectivity index (χ0v) is 20.7. The normalized spacial score (nSPS) is 10.8. The summed E-state index contributed by atoms with van der Waals surface area (Å²) in [5.41, 5.74) is 7.11. The summed E-state index contributed by atoms with van der Waals surface area (Å²) in [6.07, 6.45) is 3.77. The van der Waals surface area contributed by atoms with Crippen LogP contribution in [-0.4, -0.2) is 18.2 Å². The number of carbonyl (C=O) groups is 2. The molecule has 0 unspecified atom stereocenters. The van der Waals surface area contributed by atoms with E-state index in [1.165, 1.54) is 0 Å². The Balaban J connectivity index is 0.00000363. The van der Waals surface area contributed by atoms with Gasteiger partial charge in [0, 0.05) is 17.5 Å². The number of unbranched alkanes of at least 4 members (excludes halogenated alkanes) is 1. The number of benzene rings is 1. The van der Waals surface area contributed by atoms with Crippen molar-refractivity contribution in [1.82, 2.24) is 5.43 Å². The second-order valence-electron chi connectivity index (χ2n) is 7.66. The Hall–Kier alpha value is -2.67. The van der Waals surface area contributed by atoms with Gasteiger partial charge in [0.15, 0.2) is 0 Å². The molecular weight excluding hydrogens is 413 g/mol. The number of rotatable bonds is 8. The van der Waals surface area contributed by atoms with E-state index in [-0.39, 0.29) is 35.1 Å². The number of para-hydroxylation sites is 1. The van der Waals surface area contributed by atoms with Crippen LogP contribution < -0.4 is 45.4 Å².